The van der Waals surface area contributed by atoms with Crippen molar-refractivity contribution in [3.05, 3.63) is 75.0 Å². The second kappa shape index (κ2) is 8.06. The van der Waals surface area contributed by atoms with Crippen molar-refractivity contribution in [3.63, 3.8) is 0 Å². The number of carbonyl (C=O) groups excluding carboxylic acids is 1. The Morgan fingerprint density at radius 1 is 1.06 bits per heavy atom. The molecule has 166 valence electrons. The minimum absolute atomic E-state index is 0.0840. The van der Waals surface area contributed by atoms with Gasteiger partial charge in [-0.2, -0.15) is 13.2 Å². The van der Waals surface area contributed by atoms with Gasteiger partial charge in [-0.25, -0.2) is 4.79 Å². The van der Waals surface area contributed by atoms with Gasteiger partial charge in [-0.05, 0) is 68.7 Å². The Morgan fingerprint density at radius 3 is 2.19 bits per heavy atom. The first-order valence-corrected chi connectivity index (χ1v) is 10.2. The molecule has 1 atom stereocenters. The summed E-state index contributed by atoms with van der Waals surface area (Å²) in [7, 11) is 0. The summed E-state index contributed by atoms with van der Waals surface area (Å²) in [5.74, 6) is -0.494. The fourth-order valence-corrected chi connectivity index (χ4v) is 3.93. The lowest BCUT2D eigenvalue weighted by Gasteiger charge is -2.32. The van der Waals surface area contributed by atoms with Gasteiger partial charge in [0.2, 0.25) is 5.60 Å². The van der Waals surface area contributed by atoms with E-state index < -0.39 is 29.8 Å². The number of ether oxygens (including phenoxy) is 2. The summed E-state index contributed by atoms with van der Waals surface area (Å²) in [6, 6.07) is 8.54. The first-order valence-electron chi connectivity index (χ1n) is 9.46. The van der Waals surface area contributed by atoms with E-state index in [2.05, 4.69) is 0 Å². The minimum atomic E-state index is -4.72. The van der Waals surface area contributed by atoms with Crippen LogP contribution in [0.2, 0.25) is 10.0 Å². The van der Waals surface area contributed by atoms with Crippen LogP contribution in [0.15, 0.2) is 42.7 Å². The molecule has 31 heavy (non-hydrogen) atoms. The molecule has 0 N–H and O–H groups in total. The maximum atomic E-state index is 14.2. The molecular weight excluding hydrogens is 452 g/mol. The molecule has 0 amide bonds. The molecule has 0 saturated heterocycles. The van der Waals surface area contributed by atoms with Crippen molar-refractivity contribution in [2.24, 2.45) is 0 Å². The first kappa shape index (κ1) is 23.5. The summed E-state index contributed by atoms with van der Waals surface area (Å²) in [4.78, 5) is 12.4. The van der Waals surface area contributed by atoms with Crippen molar-refractivity contribution >= 4 is 34.7 Å². The van der Waals surface area contributed by atoms with Gasteiger partial charge < -0.3 is 9.47 Å². The molecule has 0 aliphatic carbocycles. The van der Waals surface area contributed by atoms with Gasteiger partial charge in [0, 0.05) is 22.0 Å². The molecule has 2 aromatic rings. The molecule has 0 bridgehead atoms. The summed E-state index contributed by atoms with van der Waals surface area (Å²) in [6.45, 7) is 6.98. The SMILES string of the molecule is Cc1cc(C2=COC(c3cc(Cl)cc(Cl)c3)(C(F)(F)F)C2)ccc1C(=O)OC(C)(C)C. The van der Waals surface area contributed by atoms with Crippen LogP contribution in [0.4, 0.5) is 13.2 Å². The standard InChI is InChI=1S/C23H21Cl2F3O3/c1-13-7-14(5-6-19(13)20(29)31-21(2,3)4)15-11-22(30-12-15,23(26,27)28)16-8-17(24)10-18(25)9-16/h5-10,12H,11H2,1-4H3. The van der Waals surface area contributed by atoms with Crippen molar-refractivity contribution in [1.82, 2.24) is 0 Å². The van der Waals surface area contributed by atoms with Gasteiger partial charge in [-0.3, -0.25) is 0 Å². The van der Waals surface area contributed by atoms with Crippen LogP contribution in [0.25, 0.3) is 5.57 Å². The van der Waals surface area contributed by atoms with Crippen molar-refractivity contribution in [2.45, 2.75) is 51.5 Å². The fraction of sp³-hybridized carbons (Fsp3) is 0.348. The van der Waals surface area contributed by atoms with Crippen molar-refractivity contribution in [3.8, 4) is 0 Å². The quantitative estimate of drug-likeness (QED) is 0.434. The summed E-state index contributed by atoms with van der Waals surface area (Å²) < 4.78 is 53.1. The summed E-state index contributed by atoms with van der Waals surface area (Å²) >= 11 is 11.9. The maximum absolute atomic E-state index is 14.2. The van der Waals surface area contributed by atoms with Gasteiger partial charge in [0.1, 0.15) is 5.60 Å². The molecule has 0 aromatic heterocycles. The van der Waals surface area contributed by atoms with Gasteiger partial charge in [0.05, 0.1) is 11.8 Å². The lowest BCUT2D eigenvalue weighted by atomic mass is 9.85. The van der Waals surface area contributed by atoms with E-state index in [4.69, 9.17) is 32.7 Å². The number of carbonyl (C=O) groups is 1. The number of hydrogen-bond donors (Lipinski definition) is 0. The van der Waals surface area contributed by atoms with Crippen molar-refractivity contribution in [1.29, 1.82) is 0 Å². The molecule has 0 spiro atoms. The molecule has 3 rings (SSSR count). The van der Waals surface area contributed by atoms with Crippen LogP contribution < -0.4 is 0 Å². The van der Waals surface area contributed by atoms with E-state index in [1.54, 1.807) is 45.9 Å². The molecule has 0 radical (unpaired) electrons. The Bertz CT molecular complexity index is 1030. The minimum Gasteiger partial charge on any atom is -0.480 e. The van der Waals surface area contributed by atoms with Crippen molar-refractivity contribution < 1.29 is 27.4 Å². The van der Waals surface area contributed by atoms with Crippen LogP contribution in [-0.4, -0.2) is 17.7 Å². The van der Waals surface area contributed by atoms with Gasteiger partial charge >= 0.3 is 12.1 Å². The van der Waals surface area contributed by atoms with E-state index in [0.717, 1.165) is 6.26 Å². The zero-order valence-electron chi connectivity index (χ0n) is 17.4. The molecular formula is C23H21Cl2F3O3. The molecule has 0 fully saturated rings. The molecule has 2 aromatic carbocycles. The highest BCUT2D eigenvalue weighted by Crippen LogP contribution is 2.52. The molecule has 0 saturated carbocycles. The lowest BCUT2D eigenvalue weighted by Crippen LogP contribution is -2.42. The lowest BCUT2D eigenvalue weighted by molar-refractivity contribution is -0.260. The Kier molecular flexibility index (Phi) is 6.11. The number of alkyl halides is 3. The zero-order chi connectivity index (χ0) is 23.2. The Morgan fingerprint density at radius 2 is 1.68 bits per heavy atom. The number of esters is 1. The van der Waals surface area contributed by atoms with Crippen molar-refractivity contribution in [2.75, 3.05) is 0 Å². The molecule has 1 heterocycles. The normalized spacial score (nSPS) is 19.1. The summed E-state index contributed by atoms with van der Waals surface area (Å²) in [5.41, 5.74) is -1.64. The number of benzene rings is 2. The molecule has 3 nitrogen and oxygen atoms in total. The highest BCUT2D eigenvalue weighted by atomic mass is 35.5. The van der Waals surface area contributed by atoms with Crippen LogP contribution in [0.3, 0.4) is 0 Å². The number of rotatable bonds is 3. The Balaban J connectivity index is 1.94. The third kappa shape index (κ3) is 4.85. The monoisotopic (exact) mass is 472 g/mol. The van der Waals surface area contributed by atoms with E-state index in [9.17, 15) is 18.0 Å². The zero-order valence-corrected chi connectivity index (χ0v) is 18.9. The van der Waals surface area contributed by atoms with E-state index in [0.29, 0.717) is 22.3 Å². The topological polar surface area (TPSA) is 35.5 Å². The van der Waals surface area contributed by atoms with Crippen LogP contribution in [0.5, 0.6) is 0 Å². The smallest absolute Gasteiger partial charge is 0.432 e. The van der Waals surface area contributed by atoms with Crippen LogP contribution in [0, 0.1) is 6.92 Å². The van der Waals surface area contributed by atoms with Crippen LogP contribution >= 0.6 is 23.2 Å². The van der Waals surface area contributed by atoms with Crippen LogP contribution in [-0.2, 0) is 15.1 Å². The predicted octanol–water partition coefficient (Wildman–Crippen LogP) is 7.48. The van der Waals surface area contributed by atoms with E-state index >= 15 is 0 Å². The third-order valence-corrected chi connectivity index (χ3v) is 5.28. The summed E-state index contributed by atoms with van der Waals surface area (Å²) in [5, 5.41) is 0.168. The van der Waals surface area contributed by atoms with Crippen LogP contribution in [0.1, 0.15) is 54.2 Å². The van der Waals surface area contributed by atoms with Gasteiger partial charge in [0.15, 0.2) is 0 Å². The number of aryl methyl sites for hydroxylation is 1. The maximum Gasteiger partial charge on any atom is 0.432 e. The highest BCUT2D eigenvalue weighted by Gasteiger charge is 2.60. The molecule has 1 aliphatic rings. The van der Waals surface area contributed by atoms with E-state index in [-0.39, 0.29) is 15.6 Å². The average Bonchev–Trinajstić information content (AvgIpc) is 3.06. The molecule has 1 aliphatic heterocycles. The molecule has 8 heteroatoms. The first-order chi connectivity index (χ1) is 14.2. The average molecular weight is 473 g/mol. The highest BCUT2D eigenvalue weighted by molar-refractivity contribution is 6.34. The van der Waals surface area contributed by atoms with E-state index in [1.807, 2.05) is 0 Å². The number of halogens is 5. The van der Waals surface area contributed by atoms with Gasteiger partial charge in [-0.1, -0.05) is 35.3 Å². The van der Waals surface area contributed by atoms with E-state index in [1.165, 1.54) is 18.2 Å². The second-order valence-corrected chi connectivity index (χ2v) is 9.33. The van der Waals surface area contributed by atoms with Gasteiger partial charge in [-0.15, -0.1) is 0 Å². The second-order valence-electron chi connectivity index (χ2n) is 8.45. The summed E-state index contributed by atoms with van der Waals surface area (Å²) in [6.07, 6.45) is -4.08. The number of hydrogen-bond acceptors (Lipinski definition) is 3. The Hall–Kier alpha value is -2.18. The largest absolute Gasteiger partial charge is 0.480 e. The predicted molar refractivity (Wildman–Crippen MR) is 114 cm³/mol. The molecule has 1 unspecified atom stereocenters. The fourth-order valence-electron chi connectivity index (χ4n) is 3.41. The Labute approximate surface area is 188 Å². The third-order valence-electron chi connectivity index (χ3n) is 4.84. The van der Waals surface area contributed by atoms with Gasteiger partial charge in [0.25, 0.3) is 0 Å².